The van der Waals surface area contributed by atoms with Gasteiger partial charge in [0.2, 0.25) is 5.91 Å². The van der Waals surface area contributed by atoms with Crippen molar-refractivity contribution in [1.82, 2.24) is 15.3 Å². The Hall–Kier alpha value is -4.40. The first-order chi connectivity index (χ1) is 18.4. The third-order valence-corrected chi connectivity index (χ3v) is 6.24. The third kappa shape index (κ3) is 6.73. The molecule has 0 aromatic heterocycles. The zero-order valence-electron chi connectivity index (χ0n) is 21.6. The summed E-state index contributed by atoms with van der Waals surface area (Å²) >= 11 is 0. The van der Waals surface area contributed by atoms with E-state index in [4.69, 9.17) is 0 Å². The lowest BCUT2D eigenvalue weighted by atomic mass is 9.86. The molecule has 39 heavy (non-hydrogen) atoms. The second-order valence-corrected chi connectivity index (χ2v) is 8.94. The number of nitrogens with one attached hydrogen (secondary N) is 2. The lowest BCUT2D eigenvalue weighted by Gasteiger charge is -2.35. The summed E-state index contributed by atoms with van der Waals surface area (Å²) in [6.07, 6.45) is -1.58. The largest absolute Gasteiger partial charge is 0.416 e. The highest BCUT2D eigenvalue weighted by atomic mass is 19.4. The average molecular weight is 540 g/mol. The summed E-state index contributed by atoms with van der Waals surface area (Å²) < 4.78 is 39.9. The number of hydrogen-bond donors (Lipinski definition) is 3. The van der Waals surface area contributed by atoms with Gasteiger partial charge in [-0.25, -0.2) is 0 Å². The van der Waals surface area contributed by atoms with Gasteiger partial charge in [0, 0.05) is 51.6 Å². The number of rotatable bonds is 8. The Balaban J connectivity index is 2.20. The van der Waals surface area contributed by atoms with Gasteiger partial charge in [0.15, 0.2) is 0 Å². The van der Waals surface area contributed by atoms with Crippen LogP contribution in [0.25, 0.3) is 5.57 Å². The number of allylic oxidation sites excluding steroid dienone is 2. The van der Waals surface area contributed by atoms with E-state index in [1.807, 2.05) is 6.07 Å². The summed E-state index contributed by atoms with van der Waals surface area (Å²) in [6.45, 7) is 4.30. The highest BCUT2D eigenvalue weighted by Crippen LogP contribution is 2.38. The molecule has 1 atom stereocenters. The fourth-order valence-electron chi connectivity index (χ4n) is 4.25. The number of carbonyl (C=O) groups excluding carboxylic acids is 2. The Morgan fingerprint density at radius 2 is 1.97 bits per heavy atom. The first-order valence-corrected chi connectivity index (χ1v) is 11.8. The van der Waals surface area contributed by atoms with Gasteiger partial charge in [-0.1, -0.05) is 18.7 Å². The van der Waals surface area contributed by atoms with Gasteiger partial charge in [-0.15, -0.1) is 0 Å². The maximum Gasteiger partial charge on any atom is 0.416 e. The van der Waals surface area contributed by atoms with Gasteiger partial charge in [0.1, 0.15) is 0 Å². The molecule has 1 aliphatic heterocycles. The number of carbonyl (C=O) groups is 2. The predicted molar refractivity (Wildman–Crippen MR) is 140 cm³/mol. The van der Waals surface area contributed by atoms with Crippen LogP contribution in [-0.2, 0) is 15.8 Å². The van der Waals surface area contributed by atoms with Crippen LogP contribution in [0.4, 0.5) is 18.9 Å². The molecule has 1 heterocycles. The van der Waals surface area contributed by atoms with Gasteiger partial charge < -0.3 is 20.7 Å². The van der Waals surface area contributed by atoms with Crippen LogP contribution in [0.1, 0.15) is 34.7 Å². The number of benzene rings is 2. The molecular formula is C28H28F3N5O3. The summed E-state index contributed by atoms with van der Waals surface area (Å²) in [5, 5.41) is 26.5. The molecule has 2 aromatic carbocycles. The summed E-state index contributed by atoms with van der Waals surface area (Å²) in [7, 11) is 4.39. The third-order valence-electron chi connectivity index (χ3n) is 6.24. The molecule has 3 N–H and O–H groups in total. The SMILES string of the molecule is C=C(/C=C\C(=O)NC)c1cc(C#N)ccc1C(C1=C(Nc2cccc(C(F)(F)F)c2)CCN(C)C1=O)N(C)O. The molecule has 0 saturated heterocycles. The quantitative estimate of drug-likeness (QED) is 0.259. The number of likely N-dealkylation sites (N-methyl/N-ethyl adjacent to an activating group) is 3. The molecule has 3 rings (SSSR count). The number of anilines is 1. The van der Waals surface area contributed by atoms with Crippen molar-refractivity contribution in [3.05, 3.63) is 94.7 Å². The topological polar surface area (TPSA) is 109 Å². The molecule has 8 nitrogen and oxygen atoms in total. The highest BCUT2D eigenvalue weighted by molar-refractivity contribution is 5.97. The van der Waals surface area contributed by atoms with Crippen molar-refractivity contribution in [2.75, 3.05) is 33.0 Å². The second kappa shape index (κ2) is 12.0. The molecule has 0 saturated carbocycles. The molecule has 0 radical (unpaired) electrons. The summed E-state index contributed by atoms with van der Waals surface area (Å²) in [5.74, 6) is -0.826. The van der Waals surface area contributed by atoms with Crippen molar-refractivity contribution < 1.29 is 28.0 Å². The smallest absolute Gasteiger partial charge is 0.358 e. The first-order valence-electron chi connectivity index (χ1n) is 11.8. The average Bonchev–Trinajstić information content (AvgIpc) is 2.90. The van der Waals surface area contributed by atoms with Crippen LogP contribution in [0.5, 0.6) is 0 Å². The lowest BCUT2D eigenvalue weighted by molar-refractivity contribution is -0.137. The molecule has 2 aromatic rings. The molecule has 204 valence electrons. The lowest BCUT2D eigenvalue weighted by Crippen LogP contribution is -2.40. The molecule has 0 fully saturated rings. The van der Waals surface area contributed by atoms with Crippen LogP contribution in [0, 0.1) is 11.3 Å². The minimum absolute atomic E-state index is 0.111. The monoisotopic (exact) mass is 539 g/mol. The van der Waals surface area contributed by atoms with Crippen molar-refractivity contribution in [2.24, 2.45) is 0 Å². The van der Waals surface area contributed by atoms with Crippen LogP contribution in [0.3, 0.4) is 0 Å². The Labute approximate surface area is 224 Å². The van der Waals surface area contributed by atoms with Gasteiger partial charge in [-0.05, 0) is 53.1 Å². The van der Waals surface area contributed by atoms with Crippen molar-refractivity contribution in [3.8, 4) is 6.07 Å². The van der Waals surface area contributed by atoms with Gasteiger partial charge in [0.05, 0.1) is 28.8 Å². The number of nitriles is 1. The van der Waals surface area contributed by atoms with E-state index in [0.29, 0.717) is 28.9 Å². The zero-order chi connectivity index (χ0) is 28.9. The van der Waals surface area contributed by atoms with Gasteiger partial charge >= 0.3 is 6.18 Å². The van der Waals surface area contributed by atoms with Crippen molar-refractivity contribution in [3.63, 3.8) is 0 Å². The fraction of sp³-hybridized carbons (Fsp3) is 0.250. The molecule has 1 aliphatic rings. The molecule has 0 bridgehead atoms. The maximum atomic E-state index is 13.5. The minimum atomic E-state index is -4.55. The summed E-state index contributed by atoms with van der Waals surface area (Å²) in [4.78, 5) is 26.7. The Morgan fingerprint density at radius 3 is 2.59 bits per heavy atom. The Morgan fingerprint density at radius 1 is 1.26 bits per heavy atom. The number of nitrogens with zero attached hydrogens (tertiary/aromatic N) is 3. The van der Waals surface area contributed by atoms with E-state index in [2.05, 4.69) is 17.2 Å². The van der Waals surface area contributed by atoms with Crippen molar-refractivity contribution in [2.45, 2.75) is 18.6 Å². The van der Waals surface area contributed by atoms with Crippen LogP contribution < -0.4 is 10.6 Å². The van der Waals surface area contributed by atoms with Crippen molar-refractivity contribution in [1.29, 1.82) is 5.26 Å². The van der Waals surface area contributed by atoms with E-state index in [1.54, 1.807) is 13.1 Å². The summed E-state index contributed by atoms with van der Waals surface area (Å²) in [6, 6.07) is 10.2. The van der Waals surface area contributed by atoms with Gasteiger partial charge in [-0.3, -0.25) is 9.59 Å². The van der Waals surface area contributed by atoms with E-state index in [9.17, 15) is 33.2 Å². The zero-order valence-corrected chi connectivity index (χ0v) is 21.6. The molecule has 1 unspecified atom stereocenters. The van der Waals surface area contributed by atoms with Crippen LogP contribution >= 0.6 is 0 Å². The van der Waals surface area contributed by atoms with E-state index < -0.39 is 23.7 Å². The minimum Gasteiger partial charge on any atom is -0.358 e. The van der Waals surface area contributed by atoms with Crippen LogP contribution in [-0.4, -0.2) is 54.7 Å². The van der Waals surface area contributed by atoms with E-state index in [1.165, 1.54) is 55.4 Å². The van der Waals surface area contributed by atoms with Crippen molar-refractivity contribution >= 4 is 23.1 Å². The molecule has 11 heteroatoms. The Kier molecular flexibility index (Phi) is 8.96. The fourth-order valence-corrected chi connectivity index (χ4v) is 4.25. The molecule has 2 amide bonds. The summed E-state index contributed by atoms with van der Waals surface area (Å²) in [5.41, 5.74) is 1.14. The van der Waals surface area contributed by atoms with E-state index in [-0.39, 0.29) is 29.2 Å². The van der Waals surface area contributed by atoms with Gasteiger partial charge in [-0.2, -0.15) is 23.5 Å². The standard InChI is InChI=1S/C28H28F3N5O3/c1-17(8-11-24(37)33-2)22-14-18(16-32)9-10-21(22)26(36(4)39)25-23(12-13-35(3)27(25)38)34-20-7-5-6-19(15-20)28(29,30)31/h5-11,14-15,26,34,39H,1,12-13H2,2-4H3,(H,33,37)/b11-8-. The molecular weight excluding hydrogens is 511 g/mol. The van der Waals surface area contributed by atoms with Gasteiger partial charge in [0.25, 0.3) is 5.91 Å². The number of halogens is 3. The number of hydroxylamine groups is 2. The van der Waals surface area contributed by atoms with E-state index >= 15 is 0 Å². The van der Waals surface area contributed by atoms with E-state index in [0.717, 1.165) is 17.2 Å². The number of amides is 2. The van der Waals surface area contributed by atoms with Crippen LogP contribution in [0.15, 0.2) is 72.5 Å². The Bertz CT molecular complexity index is 1390. The molecule has 0 spiro atoms. The number of hydrogen-bond acceptors (Lipinski definition) is 6. The predicted octanol–water partition coefficient (Wildman–Crippen LogP) is 4.48. The molecule has 0 aliphatic carbocycles. The second-order valence-electron chi connectivity index (χ2n) is 8.94. The first kappa shape index (κ1) is 29.2. The highest BCUT2D eigenvalue weighted by Gasteiger charge is 2.36. The number of alkyl halides is 3. The van der Waals surface area contributed by atoms with Crippen LogP contribution in [0.2, 0.25) is 0 Å². The maximum absolute atomic E-state index is 13.5. The normalized spacial score (nSPS) is 14.9.